The van der Waals surface area contributed by atoms with Crippen molar-refractivity contribution in [1.82, 2.24) is 4.98 Å². The van der Waals surface area contributed by atoms with Crippen LogP contribution in [0.2, 0.25) is 5.02 Å². The molecule has 1 unspecified atom stereocenters. The first-order chi connectivity index (χ1) is 8.88. The number of hydrogen-bond acceptors (Lipinski definition) is 2. The Morgan fingerprint density at radius 2 is 2.00 bits per heavy atom. The number of pyridine rings is 1. The van der Waals surface area contributed by atoms with E-state index in [1.54, 1.807) is 19.1 Å². The maximum atomic E-state index is 13.7. The van der Waals surface area contributed by atoms with Gasteiger partial charge in [-0.2, -0.15) is 0 Å². The molecular weight excluding hydrogens is 270 g/mol. The van der Waals surface area contributed by atoms with Crippen LogP contribution in [0, 0.1) is 11.6 Å². The van der Waals surface area contributed by atoms with Gasteiger partial charge in [-0.1, -0.05) is 17.7 Å². The van der Waals surface area contributed by atoms with Crippen molar-refractivity contribution < 1.29 is 8.78 Å². The summed E-state index contributed by atoms with van der Waals surface area (Å²) in [4.78, 5) is 3.94. The van der Waals surface area contributed by atoms with Gasteiger partial charge in [0.25, 0.3) is 0 Å². The lowest BCUT2D eigenvalue weighted by molar-refractivity contribution is 0.459. The summed E-state index contributed by atoms with van der Waals surface area (Å²) in [6, 6.07) is 7.22. The summed E-state index contributed by atoms with van der Waals surface area (Å²) in [5.74, 6) is -0.844. The van der Waals surface area contributed by atoms with Gasteiger partial charge in [-0.3, -0.25) is 4.98 Å². The minimum absolute atomic E-state index is 0.245. The Balaban J connectivity index is 2.27. The van der Waals surface area contributed by atoms with Gasteiger partial charge in [0.15, 0.2) is 0 Å². The van der Waals surface area contributed by atoms with Crippen molar-refractivity contribution in [3.05, 3.63) is 64.4 Å². The van der Waals surface area contributed by atoms with Crippen LogP contribution >= 0.6 is 11.6 Å². The number of benzene rings is 1. The lowest BCUT2D eigenvalue weighted by atomic mass is 9.90. The Bertz CT molecular complexity index is 582. The fraction of sp³-hybridized carbons (Fsp3) is 0.214. The number of aromatic nitrogens is 1. The molecule has 0 bridgehead atoms. The lowest BCUT2D eigenvalue weighted by Crippen LogP contribution is -2.36. The molecule has 2 N–H and O–H groups in total. The third kappa shape index (κ3) is 3.28. The van der Waals surface area contributed by atoms with E-state index in [1.165, 1.54) is 18.2 Å². The Kier molecular flexibility index (Phi) is 3.83. The first-order valence-corrected chi connectivity index (χ1v) is 6.11. The molecule has 100 valence electrons. The molecule has 1 aromatic carbocycles. The topological polar surface area (TPSA) is 38.9 Å². The molecule has 1 heterocycles. The average Bonchev–Trinajstić information content (AvgIpc) is 2.33. The van der Waals surface area contributed by atoms with Crippen molar-refractivity contribution in [3.63, 3.8) is 0 Å². The van der Waals surface area contributed by atoms with Gasteiger partial charge in [-0.05, 0) is 43.2 Å². The summed E-state index contributed by atoms with van der Waals surface area (Å²) >= 11 is 5.70. The lowest BCUT2D eigenvalue weighted by Gasteiger charge is -2.24. The molecule has 0 radical (unpaired) electrons. The van der Waals surface area contributed by atoms with Crippen molar-refractivity contribution in [2.24, 2.45) is 5.73 Å². The van der Waals surface area contributed by atoms with Gasteiger partial charge in [-0.15, -0.1) is 0 Å². The maximum Gasteiger partial charge on any atom is 0.141 e. The molecule has 0 spiro atoms. The smallest absolute Gasteiger partial charge is 0.141 e. The predicted octanol–water partition coefficient (Wildman–Crippen LogP) is 3.43. The fourth-order valence-corrected chi connectivity index (χ4v) is 2.02. The van der Waals surface area contributed by atoms with E-state index in [1.807, 2.05) is 0 Å². The summed E-state index contributed by atoms with van der Waals surface area (Å²) in [6.45, 7) is 1.72. The Morgan fingerprint density at radius 3 is 2.58 bits per heavy atom. The van der Waals surface area contributed by atoms with Gasteiger partial charge in [-0.25, -0.2) is 8.78 Å². The van der Waals surface area contributed by atoms with E-state index < -0.39 is 17.2 Å². The van der Waals surface area contributed by atoms with Gasteiger partial charge in [0.05, 0.1) is 17.4 Å². The molecule has 0 aliphatic rings. The highest BCUT2D eigenvalue weighted by Crippen LogP contribution is 2.24. The first kappa shape index (κ1) is 13.9. The Labute approximate surface area is 115 Å². The van der Waals surface area contributed by atoms with Crippen molar-refractivity contribution in [1.29, 1.82) is 0 Å². The molecule has 1 atom stereocenters. The van der Waals surface area contributed by atoms with E-state index in [0.29, 0.717) is 16.3 Å². The third-order valence-corrected chi connectivity index (χ3v) is 3.12. The number of hydrogen-bond donors (Lipinski definition) is 1. The SMILES string of the molecule is CC(N)(Cc1ccc(Cl)cc1F)c1ccc(F)cn1. The molecule has 1 aromatic heterocycles. The van der Waals surface area contributed by atoms with Crippen molar-refractivity contribution >= 4 is 11.6 Å². The van der Waals surface area contributed by atoms with Gasteiger partial charge in [0.2, 0.25) is 0 Å². The van der Waals surface area contributed by atoms with E-state index in [0.717, 1.165) is 6.20 Å². The second kappa shape index (κ2) is 5.23. The highest BCUT2D eigenvalue weighted by Gasteiger charge is 2.24. The molecule has 0 aliphatic heterocycles. The summed E-state index contributed by atoms with van der Waals surface area (Å²) in [5, 5.41) is 0.333. The average molecular weight is 283 g/mol. The van der Waals surface area contributed by atoms with Crippen molar-refractivity contribution in [2.45, 2.75) is 18.9 Å². The van der Waals surface area contributed by atoms with E-state index >= 15 is 0 Å². The minimum atomic E-state index is -0.887. The van der Waals surface area contributed by atoms with Crippen molar-refractivity contribution in [3.8, 4) is 0 Å². The van der Waals surface area contributed by atoms with Crippen LogP contribution in [0.1, 0.15) is 18.2 Å². The molecule has 0 aliphatic carbocycles. The van der Waals surface area contributed by atoms with Gasteiger partial charge in [0, 0.05) is 5.02 Å². The van der Waals surface area contributed by atoms with Gasteiger partial charge in [0.1, 0.15) is 11.6 Å². The first-order valence-electron chi connectivity index (χ1n) is 5.73. The number of rotatable bonds is 3. The minimum Gasteiger partial charge on any atom is -0.320 e. The quantitative estimate of drug-likeness (QED) is 0.937. The predicted molar refractivity (Wildman–Crippen MR) is 70.8 cm³/mol. The molecule has 0 amide bonds. The fourth-order valence-electron chi connectivity index (χ4n) is 1.86. The van der Waals surface area contributed by atoms with Crippen LogP contribution in [-0.2, 0) is 12.0 Å². The molecule has 0 saturated heterocycles. The zero-order valence-electron chi connectivity index (χ0n) is 10.3. The Hall–Kier alpha value is -1.52. The molecule has 0 fully saturated rings. The van der Waals surface area contributed by atoms with E-state index in [9.17, 15) is 8.78 Å². The summed E-state index contributed by atoms with van der Waals surface area (Å²) < 4.78 is 26.6. The summed E-state index contributed by atoms with van der Waals surface area (Å²) in [7, 11) is 0. The summed E-state index contributed by atoms with van der Waals surface area (Å²) in [5.41, 5.74) is 6.20. The zero-order chi connectivity index (χ0) is 14.0. The van der Waals surface area contributed by atoms with E-state index in [2.05, 4.69) is 4.98 Å². The van der Waals surface area contributed by atoms with E-state index in [-0.39, 0.29) is 6.42 Å². The van der Waals surface area contributed by atoms with Crippen LogP contribution in [0.5, 0.6) is 0 Å². The maximum absolute atomic E-state index is 13.7. The van der Waals surface area contributed by atoms with Crippen LogP contribution in [0.15, 0.2) is 36.5 Å². The van der Waals surface area contributed by atoms with Crippen molar-refractivity contribution in [2.75, 3.05) is 0 Å². The monoisotopic (exact) mass is 282 g/mol. The number of halogens is 3. The standard InChI is InChI=1S/C14H13ClF2N2/c1-14(18,13-5-4-11(16)8-19-13)7-9-2-3-10(15)6-12(9)17/h2-6,8H,7,18H2,1H3. The largest absolute Gasteiger partial charge is 0.320 e. The molecule has 19 heavy (non-hydrogen) atoms. The molecular formula is C14H13ClF2N2. The highest BCUT2D eigenvalue weighted by atomic mass is 35.5. The number of nitrogens with zero attached hydrogens (tertiary/aromatic N) is 1. The van der Waals surface area contributed by atoms with Crippen LogP contribution in [0.4, 0.5) is 8.78 Å². The highest BCUT2D eigenvalue weighted by molar-refractivity contribution is 6.30. The molecule has 5 heteroatoms. The second-order valence-corrected chi connectivity index (χ2v) is 5.13. The van der Waals surface area contributed by atoms with Crippen LogP contribution < -0.4 is 5.73 Å². The number of nitrogens with two attached hydrogens (primary N) is 1. The second-order valence-electron chi connectivity index (χ2n) is 4.69. The van der Waals surface area contributed by atoms with Gasteiger partial charge >= 0.3 is 0 Å². The molecule has 0 saturated carbocycles. The van der Waals surface area contributed by atoms with Gasteiger partial charge < -0.3 is 5.73 Å². The van der Waals surface area contributed by atoms with E-state index in [4.69, 9.17) is 17.3 Å². The third-order valence-electron chi connectivity index (χ3n) is 2.89. The van der Waals surface area contributed by atoms with Crippen LogP contribution in [0.25, 0.3) is 0 Å². The molecule has 2 aromatic rings. The molecule has 2 nitrogen and oxygen atoms in total. The normalized spacial score (nSPS) is 14.2. The zero-order valence-corrected chi connectivity index (χ0v) is 11.1. The van der Waals surface area contributed by atoms with Crippen LogP contribution in [0.3, 0.4) is 0 Å². The van der Waals surface area contributed by atoms with Crippen LogP contribution in [-0.4, -0.2) is 4.98 Å². The summed E-state index contributed by atoms with van der Waals surface area (Å²) in [6.07, 6.45) is 1.34. The molecule has 2 rings (SSSR count). The Morgan fingerprint density at radius 1 is 1.26 bits per heavy atom.